The Kier molecular flexibility index (Phi) is 2.89. The zero-order valence-electron chi connectivity index (χ0n) is 10.3. The normalized spacial score (nSPS) is 22.4. The Hall–Kier alpha value is -1.69. The summed E-state index contributed by atoms with van der Waals surface area (Å²) in [6.45, 7) is 0. The highest BCUT2D eigenvalue weighted by Crippen LogP contribution is 2.28. The van der Waals surface area contributed by atoms with E-state index in [1.807, 2.05) is 12.4 Å². The van der Waals surface area contributed by atoms with E-state index >= 15 is 0 Å². The van der Waals surface area contributed by atoms with E-state index in [0.29, 0.717) is 17.6 Å². The lowest BCUT2D eigenvalue weighted by molar-refractivity contribution is 0.112. The van der Waals surface area contributed by atoms with E-state index < -0.39 is 9.84 Å². The molecular weight excluding hydrogens is 264 g/mol. The first-order valence-electron chi connectivity index (χ1n) is 6.22. The third-order valence-electron chi connectivity index (χ3n) is 3.54. The maximum atomic E-state index is 11.7. The summed E-state index contributed by atoms with van der Waals surface area (Å²) in [5.74, 6) is 0.377. The molecule has 0 aliphatic carbocycles. The van der Waals surface area contributed by atoms with E-state index in [4.69, 9.17) is 0 Å². The number of rotatable bonds is 2. The maximum Gasteiger partial charge on any atom is 0.153 e. The third kappa shape index (κ3) is 2.28. The molecule has 1 aliphatic heterocycles. The van der Waals surface area contributed by atoms with Crippen molar-refractivity contribution in [1.29, 1.82) is 0 Å². The highest BCUT2D eigenvalue weighted by Gasteiger charge is 2.27. The lowest BCUT2D eigenvalue weighted by Gasteiger charge is -2.19. The maximum absolute atomic E-state index is 11.7. The van der Waals surface area contributed by atoms with Crippen LogP contribution in [0.3, 0.4) is 0 Å². The number of sulfone groups is 1. The number of carbonyl (C=O) groups excluding carboxylic acids is 1. The fourth-order valence-electron chi connectivity index (χ4n) is 2.60. The number of nitrogens with zero attached hydrogens (tertiary/aromatic N) is 2. The first-order valence-corrected chi connectivity index (χ1v) is 8.04. The molecule has 1 atom stereocenters. The average molecular weight is 278 g/mol. The van der Waals surface area contributed by atoms with Gasteiger partial charge in [0.15, 0.2) is 16.1 Å². The van der Waals surface area contributed by atoms with Gasteiger partial charge >= 0.3 is 0 Å². The summed E-state index contributed by atoms with van der Waals surface area (Å²) in [6, 6.07) is 3.48. The van der Waals surface area contributed by atoms with Crippen molar-refractivity contribution in [2.45, 2.75) is 18.8 Å². The van der Waals surface area contributed by atoms with Crippen LogP contribution in [0.5, 0.6) is 0 Å². The standard InChI is InChI=1S/C13H14N2O3S/c16-8-10-3-1-5-15-7-12(14-13(10)15)11-4-2-6-19(17,18)9-11/h1,3,5,7-8,11H,2,4,6,9H2. The molecule has 0 bridgehead atoms. The van der Waals surface area contributed by atoms with Crippen molar-refractivity contribution in [3.63, 3.8) is 0 Å². The minimum absolute atomic E-state index is 0.0573. The number of imidazole rings is 1. The summed E-state index contributed by atoms with van der Waals surface area (Å²) < 4.78 is 25.1. The molecule has 0 amide bonds. The third-order valence-corrected chi connectivity index (χ3v) is 5.36. The van der Waals surface area contributed by atoms with Gasteiger partial charge in [-0.05, 0) is 25.0 Å². The molecule has 2 aromatic rings. The molecule has 0 aromatic carbocycles. The van der Waals surface area contributed by atoms with Gasteiger partial charge < -0.3 is 4.40 Å². The monoisotopic (exact) mass is 278 g/mol. The van der Waals surface area contributed by atoms with Crippen LogP contribution in [0.25, 0.3) is 5.65 Å². The molecule has 1 fully saturated rings. The molecule has 1 aliphatic rings. The van der Waals surface area contributed by atoms with Crippen LogP contribution >= 0.6 is 0 Å². The largest absolute Gasteiger partial charge is 0.306 e. The Bertz CT molecular complexity index is 733. The Morgan fingerprint density at radius 2 is 2.26 bits per heavy atom. The van der Waals surface area contributed by atoms with Crippen molar-refractivity contribution in [2.24, 2.45) is 0 Å². The van der Waals surface area contributed by atoms with Crippen LogP contribution in [0, 0.1) is 0 Å². The highest BCUT2D eigenvalue weighted by molar-refractivity contribution is 7.91. The summed E-state index contributed by atoms with van der Waals surface area (Å²) >= 11 is 0. The molecule has 1 saturated heterocycles. The zero-order chi connectivity index (χ0) is 13.5. The molecule has 19 heavy (non-hydrogen) atoms. The summed E-state index contributed by atoms with van der Waals surface area (Å²) in [4.78, 5) is 15.4. The first-order chi connectivity index (χ1) is 9.09. The lowest BCUT2D eigenvalue weighted by Crippen LogP contribution is -2.23. The number of hydrogen-bond donors (Lipinski definition) is 0. The molecule has 2 aromatic heterocycles. The van der Waals surface area contributed by atoms with Gasteiger partial charge in [0.2, 0.25) is 0 Å². The first kappa shape index (κ1) is 12.3. The summed E-state index contributed by atoms with van der Waals surface area (Å²) in [7, 11) is -2.95. The van der Waals surface area contributed by atoms with Gasteiger partial charge in [-0.2, -0.15) is 0 Å². The van der Waals surface area contributed by atoms with Gasteiger partial charge in [0.25, 0.3) is 0 Å². The van der Waals surface area contributed by atoms with Crippen LogP contribution in [-0.4, -0.2) is 35.6 Å². The number of aldehydes is 1. The zero-order valence-corrected chi connectivity index (χ0v) is 11.1. The highest BCUT2D eigenvalue weighted by atomic mass is 32.2. The molecule has 0 spiro atoms. The molecule has 5 nitrogen and oxygen atoms in total. The van der Waals surface area contributed by atoms with E-state index in [9.17, 15) is 13.2 Å². The molecule has 6 heteroatoms. The van der Waals surface area contributed by atoms with Crippen LogP contribution in [0.15, 0.2) is 24.5 Å². The van der Waals surface area contributed by atoms with E-state index in [0.717, 1.165) is 18.4 Å². The summed E-state index contributed by atoms with van der Waals surface area (Å²) in [6.07, 6.45) is 5.93. The average Bonchev–Trinajstić information content (AvgIpc) is 2.81. The quantitative estimate of drug-likeness (QED) is 0.779. The fraction of sp³-hybridized carbons (Fsp3) is 0.385. The second-order valence-electron chi connectivity index (χ2n) is 4.93. The second-order valence-corrected chi connectivity index (χ2v) is 7.16. The van der Waals surface area contributed by atoms with Crippen molar-refractivity contribution >= 4 is 21.8 Å². The van der Waals surface area contributed by atoms with Gasteiger partial charge in [0, 0.05) is 18.3 Å². The summed E-state index contributed by atoms with van der Waals surface area (Å²) in [5, 5.41) is 0. The summed E-state index contributed by atoms with van der Waals surface area (Å²) in [5.41, 5.74) is 1.88. The Balaban J connectivity index is 2.04. The van der Waals surface area contributed by atoms with Crippen molar-refractivity contribution in [1.82, 2.24) is 9.38 Å². The number of fused-ring (bicyclic) bond motifs is 1. The second kappa shape index (κ2) is 4.45. The number of pyridine rings is 1. The van der Waals surface area contributed by atoms with Crippen molar-refractivity contribution in [3.05, 3.63) is 35.8 Å². The molecule has 0 saturated carbocycles. The number of carbonyl (C=O) groups is 1. The van der Waals surface area contributed by atoms with Gasteiger partial charge in [-0.25, -0.2) is 13.4 Å². The van der Waals surface area contributed by atoms with E-state index in [1.165, 1.54) is 0 Å². The molecule has 3 rings (SSSR count). The van der Waals surface area contributed by atoms with Crippen LogP contribution in [0.2, 0.25) is 0 Å². The molecule has 0 N–H and O–H groups in total. The van der Waals surface area contributed by atoms with Crippen LogP contribution in [0.1, 0.15) is 34.8 Å². The van der Waals surface area contributed by atoms with Crippen LogP contribution in [0.4, 0.5) is 0 Å². The van der Waals surface area contributed by atoms with Crippen molar-refractivity contribution < 1.29 is 13.2 Å². The topological polar surface area (TPSA) is 68.5 Å². The molecule has 0 radical (unpaired) electrons. The van der Waals surface area contributed by atoms with Gasteiger partial charge in [-0.15, -0.1) is 0 Å². The Morgan fingerprint density at radius 1 is 1.42 bits per heavy atom. The molecule has 100 valence electrons. The van der Waals surface area contributed by atoms with Gasteiger partial charge in [0.1, 0.15) is 5.65 Å². The van der Waals surface area contributed by atoms with Crippen LogP contribution < -0.4 is 0 Å². The Morgan fingerprint density at radius 3 is 3.00 bits per heavy atom. The lowest BCUT2D eigenvalue weighted by atomic mass is 10.0. The predicted octanol–water partition coefficient (Wildman–Crippen LogP) is 1.44. The predicted molar refractivity (Wildman–Crippen MR) is 71.2 cm³/mol. The van der Waals surface area contributed by atoms with Gasteiger partial charge in [-0.3, -0.25) is 4.79 Å². The fourth-order valence-corrected chi connectivity index (χ4v) is 4.32. The van der Waals surface area contributed by atoms with E-state index in [-0.39, 0.29) is 17.4 Å². The smallest absolute Gasteiger partial charge is 0.153 e. The SMILES string of the molecule is O=Cc1cccn2cc(C3CCCS(=O)(=O)C3)nc12. The minimum Gasteiger partial charge on any atom is -0.306 e. The van der Waals surface area contributed by atoms with Crippen molar-refractivity contribution in [2.75, 3.05) is 11.5 Å². The molecule has 1 unspecified atom stereocenters. The molecular formula is C13H14N2O3S. The number of aromatic nitrogens is 2. The van der Waals surface area contributed by atoms with Crippen LogP contribution in [-0.2, 0) is 9.84 Å². The van der Waals surface area contributed by atoms with Gasteiger partial charge in [-0.1, -0.05) is 0 Å². The van der Waals surface area contributed by atoms with Crippen molar-refractivity contribution in [3.8, 4) is 0 Å². The Labute approximate surface area is 111 Å². The minimum atomic E-state index is -2.95. The van der Waals surface area contributed by atoms with E-state index in [2.05, 4.69) is 4.98 Å². The molecule has 3 heterocycles. The van der Waals surface area contributed by atoms with Gasteiger partial charge in [0.05, 0.1) is 22.8 Å². The van der Waals surface area contributed by atoms with E-state index in [1.54, 1.807) is 16.5 Å². The number of hydrogen-bond acceptors (Lipinski definition) is 4.